The molecule has 1 unspecified atom stereocenters. The summed E-state index contributed by atoms with van der Waals surface area (Å²) in [5.41, 5.74) is 2.13. The Bertz CT molecular complexity index is 1730. The Balaban J connectivity index is 1.57. The van der Waals surface area contributed by atoms with Crippen molar-refractivity contribution < 1.29 is 38.6 Å². The second-order valence-corrected chi connectivity index (χ2v) is 12.6. The molecule has 0 aromatic heterocycles. The van der Waals surface area contributed by atoms with E-state index in [4.69, 9.17) is 9.47 Å². The van der Waals surface area contributed by atoms with Crippen molar-refractivity contribution in [1.29, 1.82) is 0 Å². The summed E-state index contributed by atoms with van der Waals surface area (Å²) in [4.78, 5) is 66.7. The van der Waals surface area contributed by atoms with Crippen LogP contribution in [0.1, 0.15) is 42.5 Å². The van der Waals surface area contributed by atoms with E-state index in [1.807, 2.05) is 91.0 Å². The first kappa shape index (κ1) is 40.9. The Hall–Kier alpha value is -5.89. The van der Waals surface area contributed by atoms with Gasteiger partial charge in [0.1, 0.15) is 30.3 Å². The molecule has 0 saturated carbocycles. The average molecular weight is 738 g/mol. The highest BCUT2D eigenvalue weighted by molar-refractivity contribution is 6.01. The minimum Gasteiger partial charge on any atom is -0.392 e. The predicted molar refractivity (Wildman–Crippen MR) is 203 cm³/mol. The number of rotatable bonds is 19. The number of ether oxygens (including phenoxy) is 2. The number of amides is 5. The molecule has 0 aliphatic rings. The number of methoxy groups -OCH3 is 1. The van der Waals surface area contributed by atoms with E-state index in [1.165, 1.54) is 21.0 Å². The third-order valence-electron chi connectivity index (χ3n) is 8.56. The summed E-state index contributed by atoms with van der Waals surface area (Å²) in [6.45, 7) is 2.91. The first-order valence-corrected chi connectivity index (χ1v) is 17.5. The quantitative estimate of drug-likeness (QED) is 0.0627. The number of carbonyl (C=O) groups is 5. The van der Waals surface area contributed by atoms with E-state index in [0.717, 1.165) is 16.7 Å². The van der Waals surface area contributed by atoms with E-state index < -0.39 is 59.6 Å². The number of anilines is 1. The molecule has 6 N–H and O–H groups in total. The highest BCUT2D eigenvalue weighted by Gasteiger charge is 2.39. The fourth-order valence-corrected chi connectivity index (χ4v) is 5.72. The Kier molecular flexibility index (Phi) is 15.4. The van der Waals surface area contributed by atoms with Crippen molar-refractivity contribution in [3.05, 3.63) is 138 Å². The fourth-order valence-electron chi connectivity index (χ4n) is 5.72. The zero-order chi connectivity index (χ0) is 38.9. The van der Waals surface area contributed by atoms with E-state index in [0.29, 0.717) is 17.9 Å². The number of hydrogen-bond acceptors (Lipinski definition) is 8. The molecule has 0 aliphatic heterocycles. The van der Waals surface area contributed by atoms with Gasteiger partial charge in [-0.25, -0.2) is 0 Å². The Labute approximate surface area is 314 Å². The van der Waals surface area contributed by atoms with Crippen LogP contribution in [0.4, 0.5) is 5.69 Å². The molecule has 13 nitrogen and oxygen atoms in total. The average Bonchev–Trinajstić information content (AvgIpc) is 3.19. The molecule has 0 saturated heterocycles. The van der Waals surface area contributed by atoms with E-state index >= 15 is 0 Å². The molecule has 4 rings (SSSR count). The summed E-state index contributed by atoms with van der Waals surface area (Å²) >= 11 is 0. The molecule has 0 aliphatic carbocycles. The van der Waals surface area contributed by atoms with Gasteiger partial charge in [-0.1, -0.05) is 103 Å². The monoisotopic (exact) mass is 737 g/mol. The van der Waals surface area contributed by atoms with Crippen molar-refractivity contribution >= 4 is 35.2 Å². The SMILES string of the molecule is COCCOCC(=O)N[C@@H](C)C(=O)NC(C)C(=O)N[C@@H](CC(=O)NC(c1ccccc1)(c1ccccc1)c1ccccc1)C(=O)Nc1ccc(CO)cc1. The van der Waals surface area contributed by atoms with Gasteiger partial charge in [0, 0.05) is 12.8 Å². The molecule has 54 heavy (non-hydrogen) atoms. The van der Waals surface area contributed by atoms with Crippen molar-refractivity contribution in [2.24, 2.45) is 0 Å². The number of nitrogens with one attached hydrogen (secondary N) is 5. The zero-order valence-corrected chi connectivity index (χ0v) is 30.5. The number of benzene rings is 4. The van der Waals surface area contributed by atoms with Crippen LogP contribution in [0.25, 0.3) is 0 Å². The largest absolute Gasteiger partial charge is 0.392 e. The Morgan fingerprint density at radius 1 is 0.630 bits per heavy atom. The topological polar surface area (TPSA) is 184 Å². The van der Waals surface area contributed by atoms with Crippen LogP contribution in [0.5, 0.6) is 0 Å². The van der Waals surface area contributed by atoms with Crippen LogP contribution in [0, 0.1) is 0 Å². The minimum absolute atomic E-state index is 0.187. The number of hydrogen-bond donors (Lipinski definition) is 6. The van der Waals surface area contributed by atoms with Gasteiger partial charge < -0.3 is 41.2 Å². The van der Waals surface area contributed by atoms with Crippen molar-refractivity contribution in [1.82, 2.24) is 21.3 Å². The molecule has 5 amide bonds. The first-order chi connectivity index (χ1) is 26.1. The van der Waals surface area contributed by atoms with E-state index in [9.17, 15) is 29.1 Å². The number of aliphatic hydroxyl groups excluding tert-OH is 1. The van der Waals surface area contributed by atoms with Crippen LogP contribution in [0.3, 0.4) is 0 Å². The highest BCUT2D eigenvalue weighted by Crippen LogP contribution is 2.37. The summed E-state index contributed by atoms with van der Waals surface area (Å²) in [6.07, 6.45) is -0.475. The minimum atomic E-state index is -1.39. The Morgan fingerprint density at radius 3 is 1.63 bits per heavy atom. The number of carbonyl (C=O) groups excluding carboxylic acids is 5. The first-order valence-electron chi connectivity index (χ1n) is 17.5. The van der Waals surface area contributed by atoms with Crippen molar-refractivity contribution in [3.8, 4) is 0 Å². The van der Waals surface area contributed by atoms with Crippen LogP contribution in [0.15, 0.2) is 115 Å². The molecule has 0 spiro atoms. The third kappa shape index (κ3) is 11.3. The fraction of sp³-hybridized carbons (Fsp3) is 0.293. The summed E-state index contributed by atoms with van der Waals surface area (Å²) in [5, 5.41) is 23.1. The summed E-state index contributed by atoms with van der Waals surface area (Å²) in [7, 11) is 1.50. The van der Waals surface area contributed by atoms with Gasteiger partial charge in [0.2, 0.25) is 29.5 Å². The maximum atomic E-state index is 14.3. The standard InChI is InChI=1S/C41H47N5O8/c1-28(42-37(49)27-54-24-23-53-3)38(50)43-29(2)39(51)45-35(40(52)44-34-21-19-30(26-47)20-22-34)25-36(48)46-41(31-13-7-4-8-14-31,32-15-9-5-10-16-32)33-17-11-6-12-18-33/h4-22,28-29,35,47H,23-27H2,1-3H3,(H,42,49)(H,43,50)(H,44,52)(H,45,51)(H,46,48)/t28-,29?,35-/m0/s1. The van der Waals surface area contributed by atoms with Crippen LogP contribution >= 0.6 is 0 Å². The van der Waals surface area contributed by atoms with Gasteiger partial charge in [-0.05, 0) is 48.2 Å². The lowest BCUT2D eigenvalue weighted by Crippen LogP contribution is -2.56. The summed E-state index contributed by atoms with van der Waals surface area (Å²) in [6, 6.07) is 31.2. The van der Waals surface area contributed by atoms with Crippen molar-refractivity contribution in [2.75, 3.05) is 32.2 Å². The van der Waals surface area contributed by atoms with Crippen LogP contribution in [0.2, 0.25) is 0 Å². The van der Waals surface area contributed by atoms with Crippen LogP contribution in [-0.4, -0.2) is 79.7 Å². The smallest absolute Gasteiger partial charge is 0.247 e. The molecule has 0 fully saturated rings. The van der Waals surface area contributed by atoms with Crippen LogP contribution < -0.4 is 26.6 Å². The molecule has 4 aromatic rings. The highest BCUT2D eigenvalue weighted by atomic mass is 16.5. The molecular formula is C41H47N5O8. The van der Waals surface area contributed by atoms with Gasteiger partial charge in [-0.15, -0.1) is 0 Å². The third-order valence-corrected chi connectivity index (χ3v) is 8.56. The van der Waals surface area contributed by atoms with E-state index in [-0.39, 0.29) is 19.8 Å². The van der Waals surface area contributed by atoms with Gasteiger partial charge in [-0.2, -0.15) is 0 Å². The maximum absolute atomic E-state index is 14.3. The maximum Gasteiger partial charge on any atom is 0.247 e. The number of aliphatic hydroxyl groups is 1. The van der Waals surface area contributed by atoms with Crippen molar-refractivity contribution in [2.45, 2.75) is 50.5 Å². The van der Waals surface area contributed by atoms with Gasteiger partial charge in [-0.3, -0.25) is 24.0 Å². The van der Waals surface area contributed by atoms with Gasteiger partial charge in [0.15, 0.2) is 0 Å². The van der Waals surface area contributed by atoms with Crippen molar-refractivity contribution in [3.63, 3.8) is 0 Å². The molecule has 13 heteroatoms. The zero-order valence-electron chi connectivity index (χ0n) is 30.5. The molecule has 0 heterocycles. The second-order valence-electron chi connectivity index (χ2n) is 12.6. The Morgan fingerprint density at radius 2 is 1.13 bits per heavy atom. The second kappa shape index (κ2) is 20.4. The molecule has 0 bridgehead atoms. The molecule has 4 aromatic carbocycles. The van der Waals surface area contributed by atoms with E-state index in [2.05, 4.69) is 26.6 Å². The molecule has 3 atom stereocenters. The summed E-state index contributed by atoms with van der Waals surface area (Å²) < 4.78 is 10.1. The molecular weight excluding hydrogens is 690 g/mol. The van der Waals surface area contributed by atoms with E-state index in [1.54, 1.807) is 24.3 Å². The lowest BCUT2D eigenvalue weighted by atomic mass is 9.77. The summed E-state index contributed by atoms with van der Waals surface area (Å²) in [5.74, 6) is -3.16. The van der Waals surface area contributed by atoms with Gasteiger partial charge >= 0.3 is 0 Å². The lowest BCUT2D eigenvalue weighted by molar-refractivity contribution is -0.134. The van der Waals surface area contributed by atoms with Crippen LogP contribution in [-0.2, 0) is 45.6 Å². The predicted octanol–water partition coefficient (Wildman–Crippen LogP) is 2.77. The van der Waals surface area contributed by atoms with Gasteiger partial charge in [0.05, 0.1) is 26.2 Å². The normalized spacial score (nSPS) is 12.7. The van der Waals surface area contributed by atoms with Gasteiger partial charge in [0.25, 0.3) is 0 Å². The molecule has 284 valence electrons. The molecule has 0 radical (unpaired) electrons. The lowest BCUT2D eigenvalue weighted by Gasteiger charge is -2.37.